The van der Waals surface area contributed by atoms with E-state index in [9.17, 15) is 4.79 Å². The van der Waals surface area contributed by atoms with Gasteiger partial charge < -0.3 is 10.2 Å². The quantitative estimate of drug-likeness (QED) is 0.835. The fourth-order valence-electron chi connectivity index (χ4n) is 3.20. The summed E-state index contributed by atoms with van der Waals surface area (Å²) in [5.41, 5.74) is 1.04. The Kier molecular flexibility index (Phi) is 5.10. The van der Waals surface area contributed by atoms with Crippen LogP contribution in [0.3, 0.4) is 0 Å². The van der Waals surface area contributed by atoms with Crippen LogP contribution in [0.1, 0.15) is 38.8 Å². The van der Waals surface area contributed by atoms with Crippen molar-refractivity contribution in [1.29, 1.82) is 0 Å². The molecule has 2 heterocycles. The summed E-state index contributed by atoms with van der Waals surface area (Å²) < 4.78 is 0. The number of amides is 1. The molecule has 0 bridgehead atoms. The highest BCUT2D eigenvalue weighted by Crippen LogP contribution is 2.31. The number of anilines is 1. The zero-order valence-corrected chi connectivity index (χ0v) is 14.4. The highest BCUT2D eigenvalue weighted by atomic mass is 32.1. The smallest absolute Gasteiger partial charge is 0.225 e. The molecule has 1 aliphatic carbocycles. The lowest BCUT2D eigenvalue weighted by molar-refractivity contribution is -0.116. The Morgan fingerprint density at radius 3 is 3.00 bits per heavy atom. The van der Waals surface area contributed by atoms with Crippen molar-refractivity contribution in [2.45, 2.75) is 45.7 Å². The Bertz CT molecular complexity index is 514. The predicted octanol–water partition coefficient (Wildman–Crippen LogP) is 2.09. The van der Waals surface area contributed by atoms with Crippen molar-refractivity contribution >= 4 is 22.4 Å². The van der Waals surface area contributed by atoms with E-state index in [0.717, 1.165) is 35.9 Å². The van der Waals surface area contributed by atoms with Crippen molar-refractivity contribution in [2.75, 3.05) is 31.1 Å². The van der Waals surface area contributed by atoms with E-state index in [-0.39, 0.29) is 5.91 Å². The molecule has 6 heteroatoms. The molecule has 1 N–H and O–H groups in total. The van der Waals surface area contributed by atoms with Crippen molar-refractivity contribution < 1.29 is 4.79 Å². The molecule has 5 nitrogen and oxygen atoms in total. The average molecular weight is 322 g/mol. The van der Waals surface area contributed by atoms with Gasteiger partial charge in [0.25, 0.3) is 0 Å². The summed E-state index contributed by atoms with van der Waals surface area (Å²) in [6.07, 6.45) is 4.14. The van der Waals surface area contributed by atoms with Crippen molar-refractivity contribution in [2.24, 2.45) is 5.92 Å². The molecule has 3 rings (SSSR count). The third-order valence-corrected chi connectivity index (χ3v) is 5.50. The Hall–Kier alpha value is -0.980. The normalized spacial score (nSPS) is 22.2. The Morgan fingerprint density at radius 2 is 2.32 bits per heavy atom. The predicted molar refractivity (Wildman–Crippen MR) is 90.2 cm³/mol. The van der Waals surface area contributed by atoms with Gasteiger partial charge in [-0.3, -0.25) is 9.69 Å². The van der Waals surface area contributed by atoms with Gasteiger partial charge in [-0.1, -0.05) is 0 Å². The molecule has 1 unspecified atom stereocenters. The fourth-order valence-corrected chi connectivity index (χ4v) is 4.13. The largest absolute Gasteiger partial charge is 0.311 e. The summed E-state index contributed by atoms with van der Waals surface area (Å²) in [4.78, 5) is 20.5. The molecule has 1 saturated heterocycles. The van der Waals surface area contributed by atoms with Gasteiger partial charge >= 0.3 is 0 Å². The molecule has 122 valence electrons. The lowest BCUT2D eigenvalue weighted by Gasteiger charge is -2.15. The molecule has 1 atom stereocenters. The van der Waals surface area contributed by atoms with Gasteiger partial charge in [-0.2, -0.15) is 0 Å². The van der Waals surface area contributed by atoms with E-state index in [0.29, 0.717) is 6.54 Å². The van der Waals surface area contributed by atoms with Gasteiger partial charge in [0.15, 0.2) is 5.13 Å². The molecule has 0 spiro atoms. The molecule has 22 heavy (non-hydrogen) atoms. The molecule has 1 aromatic heterocycles. The van der Waals surface area contributed by atoms with Crippen molar-refractivity contribution in [1.82, 2.24) is 15.2 Å². The van der Waals surface area contributed by atoms with Crippen molar-refractivity contribution in [3.05, 3.63) is 11.1 Å². The van der Waals surface area contributed by atoms with Crippen LogP contribution in [-0.2, 0) is 11.3 Å². The first-order chi connectivity index (χ1) is 10.7. The second-order valence-corrected chi connectivity index (χ2v) is 7.23. The first kappa shape index (κ1) is 15.9. The minimum absolute atomic E-state index is 0.0579. The summed E-state index contributed by atoms with van der Waals surface area (Å²) in [6, 6.07) is 0.901. The number of likely N-dealkylation sites (tertiary alicyclic amines) is 1. The van der Waals surface area contributed by atoms with Crippen LogP contribution in [0.5, 0.6) is 0 Å². The first-order valence-electron chi connectivity index (χ1n) is 8.34. The van der Waals surface area contributed by atoms with Crippen LogP contribution >= 0.6 is 11.3 Å². The molecule has 1 aromatic rings. The highest BCUT2D eigenvalue weighted by molar-refractivity contribution is 7.14. The average Bonchev–Trinajstić information content (AvgIpc) is 3.06. The number of rotatable bonds is 7. The monoisotopic (exact) mass is 322 g/mol. The van der Waals surface area contributed by atoms with Crippen LogP contribution in [0.25, 0.3) is 0 Å². The van der Waals surface area contributed by atoms with Gasteiger partial charge in [-0.15, -0.1) is 11.3 Å². The lowest BCUT2D eigenvalue weighted by Crippen LogP contribution is -2.28. The van der Waals surface area contributed by atoms with E-state index >= 15 is 0 Å². The third kappa shape index (κ3) is 3.86. The van der Waals surface area contributed by atoms with E-state index in [2.05, 4.69) is 20.6 Å². The molecule has 2 fully saturated rings. The maximum atomic E-state index is 11.5. The minimum atomic E-state index is 0.0579. The molecule has 2 aliphatic rings. The third-order valence-electron chi connectivity index (χ3n) is 4.59. The van der Waals surface area contributed by atoms with Crippen LogP contribution in [0.2, 0.25) is 0 Å². The zero-order chi connectivity index (χ0) is 15.5. The topological polar surface area (TPSA) is 48.5 Å². The standard InChI is InChI=1S/C16H26N4OS/c1-3-20(12(2)21)16-18-14(11-22-16)9-17-8-13-6-7-19(10-13)15-4-5-15/h11,13,15,17H,3-10H2,1-2H3. The van der Waals surface area contributed by atoms with E-state index in [4.69, 9.17) is 0 Å². The van der Waals surface area contributed by atoms with Crippen molar-refractivity contribution in [3.63, 3.8) is 0 Å². The van der Waals surface area contributed by atoms with Crippen LogP contribution in [0.15, 0.2) is 5.38 Å². The van der Waals surface area contributed by atoms with E-state index < -0.39 is 0 Å². The Morgan fingerprint density at radius 1 is 1.50 bits per heavy atom. The Labute approximate surface area is 136 Å². The second-order valence-electron chi connectivity index (χ2n) is 6.40. The van der Waals surface area contributed by atoms with Gasteiger partial charge in [0.1, 0.15) is 0 Å². The number of nitrogens with one attached hydrogen (secondary N) is 1. The summed E-state index contributed by atoms with van der Waals surface area (Å²) in [7, 11) is 0. The molecular weight excluding hydrogens is 296 g/mol. The maximum absolute atomic E-state index is 11.5. The van der Waals surface area contributed by atoms with Gasteiger partial charge in [-0.05, 0) is 45.2 Å². The molecule has 0 radical (unpaired) electrons. The van der Waals surface area contributed by atoms with E-state index in [1.165, 1.54) is 32.4 Å². The van der Waals surface area contributed by atoms with Gasteiger partial charge in [0.2, 0.25) is 5.91 Å². The summed E-state index contributed by atoms with van der Waals surface area (Å²) in [5.74, 6) is 0.838. The summed E-state index contributed by atoms with van der Waals surface area (Å²) >= 11 is 1.55. The minimum Gasteiger partial charge on any atom is -0.311 e. The number of carbonyl (C=O) groups excluding carboxylic acids is 1. The number of nitrogens with zero attached hydrogens (tertiary/aromatic N) is 3. The fraction of sp³-hybridized carbons (Fsp3) is 0.750. The van der Waals surface area contributed by atoms with E-state index in [1.54, 1.807) is 23.2 Å². The number of carbonyl (C=O) groups is 1. The van der Waals surface area contributed by atoms with Crippen molar-refractivity contribution in [3.8, 4) is 0 Å². The van der Waals surface area contributed by atoms with Crippen LogP contribution in [0, 0.1) is 5.92 Å². The van der Waals surface area contributed by atoms with Crippen LogP contribution in [-0.4, -0.2) is 48.0 Å². The number of hydrogen-bond donors (Lipinski definition) is 1. The molecule has 1 aliphatic heterocycles. The lowest BCUT2D eigenvalue weighted by atomic mass is 10.1. The molecule has 1 saturated carbocycles. The first-order valence-corrected chi connectivity index (χ1v) is 9.22. The van der Waals surface area contributed by atoms with Gasteiger partial charge in [-0.25, -0.2) is 4.98 Å². The Balaban J connectivity index is 1.42. The zero-order valence-electron chi connectivity index (χ0n) is 13.5. The number of aromatic nitrogens is 1. The van der Waals surface area contributed by atoms with Crippen LogP contribution < -0.4 is 10.2 Å². The summed E-state index contributed by atoms with van der Waals surface area (Å²) in [6.45, 7) is 8.65. The van der Waals surface area contributed by atoms with Crippen LogP contribution in [0.4, 0.5) is 5.13 Å². The maximum Gasteiger partial charge on any atom is 0.225 e. The number of thiazole rings is 1. The molecule has 0 aromatic carbocycles. The summed E-state index contributed by atoms with van der Waals surface area (Å²) in [5, 5.41) is 6.40. The molecule has 1 amide bonds. The second kappa shape index (κ2) is 7.06. The SMILES string of the molecule is CCN(C(C)=O)c1nc(CNCC2CCN(C3CC3)C2)cs1. The number of hydrogen-bond acceptors (Lipinski definition) is 5. The van der Waals surface area contributed by atoms with E-state index in [1.807, 2.05) is 6.92 Å². The highest BCUT2D eigenvalue weighted by Gasteiger charge is 2.33. The van der Waals surface area contributed by atoms with Gasteiger partial charge in [0.05, 0.1) is 5.69 Å². The molecular formula is C16H26N4OS. The van der Waals surface area contributed by atoms with Gasteiger partial charge in [0, 0.05) is 38.0 Å².